The summed E-state index contributed by atoms with van der Waals surface area (Å²) in [5, 5.41) is 7.50. The van der Waals surface area contributed by atoms with Crippen molar-refractivity contribution in [2.45, 2.75) is 37.8 Å². The number of carbonyl (C=O) groups excluding carboxylic acids is 2. The smallest absolute Gasteiger partial charge is 0.321 e. The van der Waals surface area contributed by atoms with Crippen LogP contribution in [-0.4, -0.2) is 52.8 Å². The van der Waals surface area contributed by atoms with Gasteiger partial charge in [0.2, 0.25) is 0 Å². The van der Waals surface area contributed by atoms with Crippen LogP contribution < -0.4 is 4.84 Å². The van der Waals surface area contributed by atoms with Crippen molar-refractivity contribution in [1.29, 1.82) is 0 Å². The van der Waals surface area contributed by atoms with E-state index >= 15 is 0 Å². The number of rotatable bonds is 5. The zero-order valence-electron chi connectivity index (χ0n) is 13.8. The van der Waals surface area contributed by atoms with E-state index in [1.807, 2.05) is 0 Å². The van der Waals surface area contributed by atoms with Crippen molar-refractivity contribution >= 4 is 34.7 Å². The van der Waals surface area contributed by atoms with Gasteiger partial charge >= 0.3 is 5.97 Å². The monoisotopic (exact) mass is 366 g/mol. The molecule has 9 heteroatoms. The molecule has 0 spiro atoms. The van der Waals surface area contributed by atoms with E-state index in [4.69, 9.17) is 16.5 Å². The molecule has 0 bridgehead atoms. The molecule has 8 nitrogen and oxygen atoms in total. The minimum Gasteiger partial charge on any atom is -0.461 e. The molecule has 1 amide bonds. The van der Waals surface area contributed by atoms with Gasteiger partial charge in [-0.05, 0) is 66.0 Å². The van der Waals surface area contributed by atoms with Gasteiger partial charge in [-0.2, -0.15) is 0 Å². The molecular weight excluding hydrogens is 348 g/mol. The number of nitrogens with one attached hydrogen (secondary N) is 1. The molecular formula is C16H19ClN4O4. The third kappa shape index (κ3) is 4.08. The van der Waals surface area contributed by atoms with E-state index in [0.29, 0.717) is 16.6 Å². The van der Waals surface area contributed by atoms with E-state index in [1.165, 1.54) is 0 Å². The number of hydrogen-bond acceptors (Lipinski definition) is 7. The summed E-state index contributed by atoms with van der Waals surface area (Å²) < 4.78 is 9.99. The fourth-order valence-electron chi connectivity index (χ4n) is 3.12. The predicted molar refractivity (Wildman–Crippen MR) is 89.9 cm³/mol. The molecule has 134 valence electrons. The molecule has 1 aromatic carbocycles. The summed E-state index contributed by atoms with van der Waals surface area (Å²) in [6.07, 6.45) is 2.89. The van der Waals surface area contributed by atoms with E-state index in [0.717, 1.165) is 25.7 Å². The first-order valence-corrected chi connectivity index (χ1v) is 8.48. The van der Waals surface area contributed by atoms with Gasteiger partial charge in [-0.3, -0.25) is 9.59 Å². The van der Waals surface area contributed by atoms with Crippen molar-refractivity contribution in [1.82, 2.24) is 20.0 Å². The van der Waals surface area contributed by atoms with Crippen LogP contribution in [0.15, 0.2) is 22.8 Å². The number of carbonyl (C=O) groups is 2. The van der Waals surface area contributed by atoms with E-state index in [9.17, 15) is 9.59 Å². The van der Waals surface area contributed by atoms with Crippen LogP contribution in [0.2, 0.25) is 0 Å². The highest BCUT2D eigenvalue weighted by Crippen LogP contribution is 2.26. The van der Waals surface area contributed by atoms with Gasteiger partial charge in [-0.25, -0.2) is 9.46 Å². The van der Waals surface area contributed by atoms with Crippen LogP contribution >= 0.6 is 11.8 Å². The van der Waals surface area contributed by atoms with Crippen molar-refractivity contribution in [3.8, 4) is 0 Å². The van der Waals surface area contributed by atoms with Crippen LogP contribution in [0.3, 0.4) is 0 Å². The second-order valence-electron chi connectivity index (χ2n) is 6.11. The number of fused-ring (bicyclic) bond motifs is 1. The first kappa shape index (κ1) is 17.6. The average molecular weight is 367 g/mol. The van der Waals surface area contributed by atoms with Crippen LogP contribution in [0, 0.1) is 0 Å². The van der Waals surface area contributed by atoms with Crippen molar-refractivity contribution in [3.05, 3.63) is 23.8 Å². The van der Waals surface area contributed by atoms with Gasteiger partial charge in [0.05, 0.1) is 0 Å². The third-order valence-corrected chi connectivity index (χ3v) is 4.66. The summed E-state index contributed by atoms with van der Waals surface area (Å²) in [7, 11) is 1.79. The third-order valence-electron chi connectivity index (χ3n) is 4.52. The Labute approximate surface area is 149 Å². The molecule has 25 heavy (non-hydrogen) atoms. The number of halogens is 1. The van der Waals surface area contributed by atoms with Crippen molar-refractivity contribution in [2.75, 3.05) is 13.6 Å². The molecule has 1 aromatic heterocycles. The number of esters is 1. The van der Waals surface area contributed by atoms with Gasteiger partial charge in [-0.1, -0.05) is 0 Å². The van der Waals surface area contributed by atoms with Crippen LogP contribution in [-0.2, 0) is 9.53 Å². The molecule has 1 aliphatic carbocycles. The maximum atomic E-state index is 12.7. The number of nitrogens with zero attached hydrogens (tertiary/aromatic N) is 3. The van der Waals surface area contributed by atoms with E-state index in [2.05, 4.69) is 19.8 Å². The Morgan fingerprint density at radius 1 is 1.28 bits per heavy atom. The lowest BCUT2D eigenvalue weighted by atomic mass is 9.91. The van der Waals surface area contributed by atoms with Crippen LogP contribution in [0.1, 0.15) is 36.0 Å². The van der Waals surface area contributed by atoms with Crippen LogP contribution in [0.4, 0.5) is 0 Å². The summed E-state index contributed by atoms with van der Waals surface area (Å²) in [6, 6.07) is 5.23. The molecule has 0 aliphatic heterocycles. The first-order chi connectivity index (χ1) is 12.1. The molecule has 0 unspecified atom stereocenters. The lowest BCUT2D eigenvalue weighted by Crippen LogP contribution is -2.41. The summed E-state index contributed by atoms with van der Waals surface area (Å²) >= 11 is 5.29. The van der Waals surface area contributed by atoms with Crippen LogP contribution in [0.5, 0.6) is 0 Å². The molecule has 2 aromatic rings. The maximum absolute atomic E-state index is 12.7. The highest BCUT2D eigenvalue weighted by molar-refractivity contribution is 6.14. The number of aromatic nitrogens is 2. The molecule has 1 saturated carbocycles. The van der Waals surface area contributed by atoms with E-state index in [1.54, 1.807) is 30.1 Å². The molecule has 1 N–H and O–H groups in total. The molecule has 1 heterocycles. The predicted octanol–water partition coefficient (Wildman–Crippen LogP) is 1.89. The highest BCUT2D eigenvalue weighted by Gasteiger charge is 2.29. The number of ether oxygens (including phenoxy) is 1. The van der Waals surface area contributed by atoms with Crippen LogP contribution in [0.25, 0.3) is 11.0 Å². The fourth-order valence-corrected chi connectivity index (χ4v) is 3.23. The highest BCUT2D eigenvalue weighted by atomic mass is 35.5. The Hall–Kier alpha value is -2.19. The van der Waals surface area contributed by atoms with Crippen molar-refractivity contribution in [3.63, 3.8) is 0 Å². The molecule has 0 atom stereocenters. The van der Waals surface area contributed by atoms with Gasteiger partial charge in [0, 0.05) is 18.7 Å². The fraction of sp³-hybridized carbons (Fsp3) is 0.500. The topological polar surface area (TPSA) is 97.6 Å². The minimum absolute atomic E-state index is 0.0146. The van der Waals surface area contributed by atoms with E-state index < -0.39 is 0 Å². The Morgan fingerprint density at radius 2 is 2.00 bits per heavy atom. The van der Waals surface area contributed by atoms with Gasteiger partial charge in [-0.15, -0.1) is 0 Å². The quantitative estimate of drug-likeness (QED) is 0.637. The molecule has 1 fully saturated rings. The summed E-state index contributed by atoms with van der Waals surface area (Å²) in [4.78, 5) is 28.1. The zero-order valence-corrected chi connectivity index (χ0v) is 14.5. The first-order valence-electron chi connectivity index (χ1n) is 8.11. The Kier molecular flexibility index (Phi) is 5.50. The minimum atomic E-state index is -0.364. The number of benzene rings is 1. The number of amides is 1. The Morgan fingerprint density at radius 3 is 2.72 bits per heavy atom. The van der Waals surface area contributed by atoms with Gasteiger partial charge in [0.15, 0.2) is 0 Å². The SMILES string of the molecule is CN(C(=O)c1ccc2nonc2c1)C1CCC(OC(=O)CNCl)CC1. The summed E-state index contributed by atoms with van der Waals surface area (Å²) in [5.41, 5.74) is 1.73. The Bertz CT molecular complexity index is 757. The standard InChI is InChI=1S/C16H19ClN4O4/c1-21(11-3-5-12(6-4-11)24-15(22)9-18-17)16(23)10-2-7-13-14(8-10)20-25-19-13/h2,7-8,11-12,18H,3-6,9H2,1H3. The lowest BCUT2D eigenvalue weighted by molar-refractivity contribution is -0.149. The second kappa shape index (κ2) is 7.79. The van der Waals surface area contributed by atoms with Crippen molar-refractivity contribution in [2.24, 2.45) is 0 Å². The van der Waals surface area contributed by atoms with Crippen molar-refractivity contribution < 1.29 is 19.0 Å². The largest absolute Gasteiger partial charge is 0.461 e. The molecule has 0 saturated heterocycles. The summed E-state index contributed by atoms with van der Waals surface area (Å²) in [5.74, 6) is -0.436. The Balaban J connectivity index is 1.57. The second-order valence-corrected chi connectivity index (χ2v) is 6.38. The van der Waals surface area contributed by atoms with E-state index in [-0.39, 0.29) is 30.6 Å². The maximum Gasteiger partial charge on any atom is 0.321 e. The average Bonchev–Trinajstić information content (AvgIpc) is 3.09. The molecule has 1 aliphatic rings. The lowest BCUT2D eigenvalue weighted by Gasteiger charge is -2.34. The van der Waals surface area contributed by atoms with Gasteiger partial charge in [0.1, 0.15) is 23.7 Å². The molecule has 3 rings (SSSR count). The van der Waals surface area contributed by atoms with Gasteiger partial charge < -0.3 is 9.64 Å². The molecule has 0 radical (unpaired) electrons. The normalized spacial score (nSPS) is 20.4. The zero-order chi connectivity index (χ0) is 17.8. The summed E-state index contributed by atoms with van der Waals surface area (Å²) in [6.45, 7) is -0.0146. The van der Waals surface area contributed by atoms with Gasteiger partial charge in [0.25, 0.3) is 5.91 Å². The number of hydrogen-bond donors (Lipinski definition) is 1.